The number of carbonyl (C=O) groups is 3. The van der Waals surface area contributed by atoms with E-state index in [9.17, 15) is 29.7 Å². The number of nitrogens with two attached hydrogens (primary N) is 2. The van der Waals surface area contributed by atoms with Crippen LogP contribution in [0.25, 0.3) is 0 Å². The molecule has 26 heteroatoms. The number of rotatable bonds is 27. The number of anilines is 3. The molecule has 6 rings (SSSR count). The molecule has 2 saturated heterocycles. The molecule has 8 N–H and O–H groups in total. The van der Waals surface area contributed by atoms with E-state index in [4.69, 9.17) is 47.1 Å². The minimum absolute atomic E-state index is 0. The molecule has 0 bridgehead atoms. The maximum atomic E-state index is 14.2. The lowest BCUT2D eigenvalue weighted by Gasteiger charge is -2.38. The molecular weight excluding hydrogens is 944 g/mol. The van der Waals surface area contributed by atoms with Crippen molar-refractivity contribution in [3.8, 4) is 18.1 Å². The SMILES string of the molecule is C#CCOCCOCCOCCNc1nc(N2CCN(C(=O)C(CCC(=O)O)n3cc(C(N)Cc4ccc(O)cc4)nn3)CC2)nc(N2CCN(C(=O)C(C(C)CC)n3cc(C(N)CO)nn3)CC2)n1.[Cl-]. The number of benzene rings is 1. The third kappa shape index (κ3) is 15.9. The molecule has 4 aromatic rings. The molecule has 2 fully saturated rings. The van der Waals surface area contributed by atoms with Gasteiger partial charge in [-0.25, -0.2) is 9.36 Å². The summed E-state index contributed by atoms with van der Waals surface area (Å²) in [4.78, 5) is 61.9. The molecule has 5 unspecified atom stereocenters. The average molecular weight is 1010 g/mol. The number of carboxylic acid groups (broad SMARTS) is 1. The molecule has 5 atom stereocenters. The number of phenols is 1. The number of amides is 2. The Morgan fingerprint density at radius 2 is 1.34 bits per heavy atom. The molecule has 0 spiro atoms. The number of terminal acetylenes is 1. The van der Waals surface area contributed by atoms with Gasteiger partial charge in [0.1, 0.15) is 30.1 Å². The molecular formula is C45H66ClN16O9-. The normalized spacial score (nSPS) is 16.1. The summed E-state index contributed by atoms with van der Waals surface area (Å²) in [6, 6.07) is 3.85. The zero-order chi connectivity index (χ0) is 50.0. The summed E-state index contributed by atoms with van der Waals surface area (Å²) in [5.41, 5.74) is 14.2. The van der Waals surface area contributed by atoms with Gasteiger partial charge >= 0.3 is 5.97 Å². The van der Waals surface area contributed by atoms with Crippen molar-refractivity contribution in [2.24, 2.45) is 17.4 Å². The summed E-state index contributed by atoms with van der Waals surface area (Å²) in [5, 5.41) is 48.9. The van der Waals surface area contributed by atoms with Crippen molar-refractivity contribution < 1.29 is 56.3 Å². The lowest BCUT2D eigenvalue weighted by Crippen LogP contribution is -3.00. The van der Waals surface area contributed by atoms with Crippen LogP contribution < -0.4 is 39.0 Å². The minimum Gasteiger partial charge on any atom is -1.00 e. The number of carboxylic acids is 1. The molecule has 2 aliphatic heterocycles. The highest BCUT2D eigenvalue weighted by Gasteiger charge is 2.35. The van der Waals surface area contributed by atoms with Crippen LogP contribution in [0, 0.1) is 18.3 Å². The Kier molecular flexibility index (Phi) is 21.9. The van der Waals surface area contributed by atoms with Crippen molar-refractivity contribution in [1.82, 2.24) is 54.7 Å². The van der Waals surface area contributed by atoms with Crippen LogP contribution in [-0.2, 0) is 35.0 Å². The van der Waals surface area contributed by atoms with Gasteiger partial charge in [0.15, 0.2) is 0 Å². The van der Waals surface area contributed by atoms with Crippen molar-refractivity contribution in [2.75, 3.05) is 120 Å². The van der Waals surface area contributed by atoms with Crippen LogP contribution in [0.5, 0.6) is 5.75 Å². The topological polar surface area (TPSA) is 317 Å². The maximum absolute atomic E-state index is 14.2. The summed E-state index contributed by atoms with van der Waals surface area (Å²) in [5.74, 6) is 2.17. The number of halogens is 1. The molecule has 388 valence electrons. The number of phenolic OH excluding ortho intramolecular Hbond substituents is 1. The minimum atomic E-state index is -1.05. The molecule has 5 heterocycles. The Hall–Kier alpha value is -6.27. The Labute approximate surface area is 418 Å². The van der Waals surface area contributed by atoms with E-state index in [2.05, 4.69) is 31.9 Å². The van der Waals surface area contributed by atoms with Gasteiger partial charge in [0.2, 0.25) is 29.7 Å². The number of aromatic hydroxyl groups is 1. The van der Waals surface area contributed by atoms with E-state index < -0.39 is 30.1 Å². The van der Waals surface area contributed by atoms with Crippen LogP contribution in [0.3, 0.4) is 0 Å². The number of aliphatic carboxylic acids is 1. The van der Waals surface area contributed by atoms with E-state index in [1.54, 1.807) is 51.1 Å². The molecule has 71 heavy (non-hydrogen) atoms. The number of carbonyl (C=O) groups excluding carboxylic acids is 2. The number of hydrogen-bond donors (Lipinski definition) is 6. The molecule has 1 aromatic carbocycles. The zero-order valence-corrected chi connectivity index (χ0v) is 41.0. The van der Waals surface area contributed by atoms with Crippen molar-refractivity contribution in [3.05, 3.63) is 53.6 Å². The van der Waals surface area contributed by atoms with E-state index in [0.29, 0.717) is 115 Å². The largest absolute Gasteiger partial charge is 1.00 e. The fourth-order valence-electron chi connectivity index (χ4n) is 7.94. The third-order valence-corrected chi connectivity index (χ3v) is 12.2. The predicted molar refractivity (Wildman–Crippen MR) is 254 cm³/mol. The number of aliphatic hydroxyl groups is 1. The lowest BCUT2D eigenvalue weighted by molar-refractivity contribution is -0.139. The number of hydrogen-bond acceptors (Lipinski definition) is 20. The van der Waals surface area contributed by atoms with Gasteiger partial charge in [-0.3, -0.25) is 14.4 Å². The number of aromatic nitrogens is 9. The second kappa shape index (κ2) is 27.9. The zero-order valence-electron chi connectivity index (χ0n) is 40.2. The smallest absolute Gasteiger partial charge is 0.303 e. The third-order valence-electron chi connectivity index (χ3n) is 12.2. The second-order valence-corrected chi connectivity index (χ2v) is 17.1. The van der Waals surface area contributed by atoms with E-state index in [0.717, 1.165) is 12.0 Å². The van der Waals surface area contributed by atoms with Gasteiger partial charge in [0.05, 0.1) is 69.8 Å². The standard InChI is InChI=1S/C45H66N16O9.ClH/c1-4-21-68-23-25-70-26-24-69-22-12-48-43-49-44(51-45(50-43)59-19-15-57(16-20-59)42(67)40(31(3)5-2)61-29-37(53-55-61)35(47)30-62)58-17-13-56(14-18-58)41(66)38(10-11-39(64)65)60-28-36(52-54-60)34(46)27-32-6-8-33(63)9-7-32;/h1,6-9,28-29,31,34-35,38,40,62-63H,5,10-27,30,46-47H2,2-3H3,(H,64,65)(H,48,49,50,51);1H/p-1. The van der Waals surface area contributed by atoms with Gasteiger partial charge in [-0.05, 0) is 36.5 Å². The quantitative estimate of drug-likeness (QED) is 0.0253. The predicted octanol–water partition coefficient (Wildman–Crippen LogP) is -3.22. The maximum Gasteiger partial charge on any atom is 0.303 e. The number of nitrogens with one attached hydrogen (secondary N) is 1. The van der Waals surface area contributed by atoms with Crippen LogP contribution in [0.15, 0.2) is 36.7 Å². The van der Waals surface area contributed by atoms with Crippen molar-refractivity contribution in [1.29, 1.82) is 0 Å². The van der Waals surface area contributed by atoms with Gasteiger partial charge in [-0.15, -0.1) is 16.6 Å². The summed E-state index contributed by atoms with van der Waals surface area (Å²) >= 11 is 0. The highest BCUT2D eigenvalue weighted by Crippen LogP contribution is 2.27. The van der Waals surface area contributed by atoms with Crippen LogP contribution in [0.2, 0.25) is 0 Å². The first-order valence-electron chi connectivity index (χ1n) is 23.6. The van der Waals surface area contributed by atoms with Crippen molar-refractivity contribution >= 4 is 35.6 Å². The second-order valence-electron chi connectivity index (χ2n) is 17.1. The number of ether oxygens (including phenoxy) is 3. The highest BCUT2D eigenvalue weighted by molar-refractivity contribution is 5.82. The van der Waals surface area contributed by atoms with Crippen molar-refractivity contribution in [3.63, 3.8) is 0 Å². The first kappa shape index (κ1) is 55.7. The van der Waals surface area contributed by atoms with Gasteiger partial charge in [-0.2, -0.15) is 15.0 Å². The van der Waals surface area contributed by atoms with Crippen molar-refractivity contribution in [2.45, 2.75) is 63.7 Å². The van der Waals surface area contributed by atoms with Gasteiger partial charge in [0.25, 0.3) is 0 Å². The van der Waals surface area contributed by atoms with Crippen LogP contribution in [0.1, 0.15) is 74.2 Å². The van der Waals surface area contributed by atoms with Gasteiger partial charge in [-0.1, -0.05) is 48.7 Å². The molecule has 2 amide bonds. The van der Waals surface area contributed by atoms with Gasteiger partial charge in [0, 0.05) is 65.3 Å². The Bertz CT molecular complexity index is 2320. The van der Waals surface area contributed by atoms with E-state index >= 15 is 0 Å². The summed E-state index contributed by atoms with van der Waals surface area (Å²) < 4.78 is 19.4. The lowest BCUT2D eigenvalue weighted by atomic mass is 9.97. The average Bonchev–Trinajstić information content (AvgIpc) is 4.07. The van der Waals surface area contributed by atoms with Gasteiger partial charge < -0.3 is 78.3 Å². The molecule has 0 saturated carbocycles. The summed E-state index contributed by atoms with van der Waals surface area (Å²) in [6.45, 7) is 9.16. The Balaban J connectivity index is 0.00000937. The van der Waals surface area contributed by atoms with Crippen LogP contribution in [0.4, 0.5) is 17.8 Å². The van der Waals surface area contributed by atoms with Crippen LogP contribution in [-0.4, -0.2) is 193 Å². The Morgan fingerprint density at radius 3 is 1.92 bits per heavy atom. The monoisotopic (exact) mass is 1010 g/mol. The summed E-state index contributed by atoms with van der Waals surface area (Å²) in [7, 11) is 0. The fraction of sp³-hybridized carbons (Fsp3) is 0.600. The number of nitrogens with zero attached hydrogens (tertiary/aromatic N) is 13. The van der Waals surface area contributed by atoms with E-state index in [1.807, 2.05) is 23.6 Å². The molecule has 3 aromatic heterocycles. The van der Waals surface area contributed by atoms with E-state index in [-0.39, 0.29) is 75.0 Å². The molecule has 2 aliphatic rings. The van der Waals surface area contributed by atoms with Crippen LogP contribution >= 0.6 is 0 Å². The van der Waals surface area contributed by atoms with E-state index in [1.165, 1.54) is 4.68 Å². The highest BCUT2D eigenvalue weighted by atomic mass is 35.5. The number of aliphatic hydroxyl groups excluding tert-OH is 1. The number of piperazine rings is 2. The molecule has 0 radical (unpaired) electrons. The first-order chi connectivity index (χ1) is 33.9. The molecule has 0 aliphatic carbocycles. The summed E-state index contributed by atoms with van der Waals surface area (Å²) in [6.07, 6.45) is 9.27. The Morgan fingerprint density at radius 1 is 0.789 bits per heavy atom. The molecule has 25 nitrogen and oxygen atoms in total. The fourth-order valence-corrected chi connectivity index (χ4v) is 7.94. The first-order valence-corrected chi connectivity index (χ1v) is 23.6.